The minimum atomic E-state index is -3.09. The van der Waals surface area contributed by atoms with Crippen LogP contribution in [0.25, 0.3) is 0 Å². The third-order valence-electron chi connectivity index (χ3n) is 8.90. The van der Waals surface area contributed by atoms with Crippen molar-refractivity contribution in [3.63, 3.8) is 0 Å². The minimum absolute atomic E-state index is 0.00677. The summed E-state index contributed by atoms with van der Waals surface area (Å²) in [6.45, 7) is 2.88. The van der Waals surface area contributed by atoms with Gasteiger partial charge in [0.25, 0.3) is 0 Å². The molecule has 52 heavy (non-hydrogen) atoms. The van der Waals surface area contributed by atoms with Crippen LogP contribution in [0.2, 0.25) is 10.0 Å². The summed E-state index contributed by atoms with van der Waals surface area (Å²) in [5, 5.41) is 0.475. The first-order valence-electron chi connectivity index (χ1n) is 16.7. The van der Waals surface area contributed by atoms with E-state index in [1.165, 1.54) is 53.7 Å². The number of aromatic nitrogens is 1. The second kappa shape index (κ2) is 16.7. The Bertz CT molecular complexity index is 1870. The average Bonchev–Trinajstić information content (AvgIpc) is 3.58. The van der Waals surface area contributed by atoms with E-state index in [1.807, 2.05) is 0 Å². The number of benzene rings is 2. The topological polar surface area (TPSA) is 90.4 Å². The zero-order chi connectivity index (χ0) is 36.9. The number of esters is 1. The van der Waals surface area contributed by atoms with Crippen molar-refractivity contribution in [1.29, 1.82) is 0 Å². The summed E-state index contributed by atoms with van der Waals surface area (Å²) in [5.74, 6) is -1.21. The van der Waals surface area contributed by atoms with Gasteiger partial charge in [-0.3, -0.25) is 14.8 Å². The van der Waals surface area contributed by atoms with Crippen LogP contribution in [-0.2, 0) is 22.4 Å². The zero-order valence-corrected chi connectivity index (χ0v) is 30.6. The molecule has 276 valence electrons. The van der Waals surface area contributed by atoms with Crippen molar-refractivity contribution in [3.8, 4) is 11.5 Å². The number of carbonyl (C=O) groups is 2. The van der Waals surface area contributed by atoms with E-state index in [9.17, 15) is 18.4 Å². The maximum atomic E-state index is 15.1. The van der Waals surface area contributed by atoms with Gasteiger partial charge in [0, 0.05) is 30.2 Å². The van der Waals surface area contributed by atoms with E-state index < -0.39 is 30.6 Å². The number of piperidine rings is 3. The molecule has 0 radical (unpaired) electrons. The Hall–Kier alpha value is -4.04. The van der Waals surface area contributed by atoms with Crippen LogP contribution in [0, 0.1) is 11.7 Å². The molecule has 2 bridgehead atoms. The third kappa shape index (κ3) is 9.11. The highest BCUT2D eigenvalue weighted by molar-refractivity contribution is 7.14. The lowest BCUT2D eigenvalue weighted by Gasteiger charge is -2.44. The molecule has 4 aromatic rings. The minimum Gasteiger partial charge on any atom is -0.487 e. The van der Waals surface area contributed by atoms with E-state index in [2.05, 4.69) is 14.6 Å². The number of halogens is 5. The Morgan fingerprint density at radius 2 is 1.73 bits per heavy atom. The van der Waals surface area contributed by atoms with Gasteiger partial charge >= 0.3 is 18.7 Å². The Kier molecular flexibility index (Phi) is 12.1. The number of hydrogen-bond acceptors (Lipinski definition) is 9. The van der Waals surface area contributed by atoms with Crippen LogP contribution in [0.4, 0.5) is 23.7 Å². The van der Waals surface area contributed by atoms with E-state index in [1.54, 1.807) is 32.0 Å². The smallest absolute Gasteiger partial charge is 0.415 e. The molecule has 5 heterocycles. The molecule has 1 amide bonds. The second-order valence-electron chi connectivity index (χ2n) is 12.8. The number of amides is 1. The highest BCUT2D eigenvalue weighted by Gasteiger charge is 2.38. The summed E-state index contributed by atoms with van der Waals surface area (Å²) in [6.07, 6.45) is 2.33. The normalized spacial score (nSPS) is 18.7. The molecule has 3 aliphatic heterocycles. The van der Waals surface area contributed by atoms with Gasteiger partial charge in [0.05, 0.1) is 28.4 Å². The Balaban J connectivity index is 1.25. The summed E-state index contributed by atoms with van der Waals surface area (Å²) in [7, 11) is 0. The van der Waals surface area contributed by atoms with Gasteiger partial charge < -0.3 is 18.9 Å². The molecule has 3 aliphatic rings. The van der Waals surface area contributed by atoms with E-state index in [4.69, 9.17) is 37.4 Å². The van der Waals surface area contributed by atoms with E-state index in [0.717, 1.165) is 37.3 Å². The molecule has 3 fully saturated rings. The third-order valence-corrected chi connectivity index (χ3v) is 10.6. The van der Waals surface area contributed by atoms with Crippen LogP contribution in [0.15, 0.2) is 67.0 Å². The average molecular weight is 779 g/mol. The summed E-state index contributed by atoms with van der Waals surface area (Å²) in [5.41, 5.74) is 0.896. The number of rotatable bonds is 13. The van der Waals surface area contributed by atoms with Gasteiger partial charge in [-0.05, 0) is 93.2 Å². The fourth-order valence-corrected chi connectivity index (χ4v) is 7.78. The van der Waals surface area contributed by atoms with Crippen molar-refractivity contribution < 1.29 is 41.7 Å². The first-order chi connectivity index (χ1) is 24.9. The number of nitrogens with zero attached hydrogens (tertiary/aromatic N) is 3. The number of ether oxygens (including phenoxy) is 4. The molecule has 0 saturated carbocycles. The van der Waals surface area contributed by atoms with Gasteiger partial charge in [-0.25, -0.2) is 14.0 Å². The van der Waals surface area contributed by atoms with Gasteiger partial charge in [-0.15, -0.1) is 11.3 Å². The monoisotopic (exact) mass is 777 g/mol. The number of para-hydroxylation sites is 1. The lowest BCUT2D eigenvalue weighted by molar-refractivity contribution is -0.0519. The molecule has 2 atom stereocenters. The van der Waals surface area contributed by atoms with Crippen molar-refractivity contribution in [2.45, 2.75) is 64.6 Å². The summed E-state index contributed by atoms with van der Waals surface area (Å²) >= 11 is 13.9. The molecular formula is C37H36Cl2F3N3O6S. The van der Waals surface area contributed by atoms with Gasteiger partial charge in [-0.1, -0.05) is 41.4 Å². The molecule has 2 aromatic carbocycles. The second-order valence-corrected chi connectivity index (χ2v) is 14.8. The van der Waals surface area contributed by atoms with Crippen LogP contribution in [0.3, 0.4) is 0 Å². The van der Waals surface area contributed by atoms with Gasteiger partial charge in [0.2, 0.25) is 0 Å². The predicted octanol–water partition coefficient (Wildman–Crippen LogP) is 9.36. The first kappa shape index (κ1) is 37.7. The van der Waals surface area contributed by atoms with E-state index >= 15 is 4.39 Å². The molecule has 3 saturated heterocycles. The quantitative estimate of drug-likeness (QED) is 0.124. The van der Waals surface area contributed by atoms with Gasteiger partial charge in [0.15, 0.2) is 11.5 Å². The maximum Gasteiger partial charge on any atom is 0.415 e. The van der Waals surface area contributed by atoms with Crippen LogP contribution >= 0.6 is 34.5 Å². The van der Waals surface area contributed by atoms with Crippen molar-refractivity contribution in [2.75, 3.05) is 24.5 Å². The fourth-order valence-electron chi connectivity index (χ4n) is 6.38. The number of anilines is 1. The number of fused-ring (bicyclic) bond motifs is 3. The molecule has 0 N–H and O–H groups in total. The van der Waals surface area contributed by atoms with Crippen LogP contribution in [0.1, 0.15) is 58.5 Å². The number of hydrogen-bond donors (Lipinski definition) is 0. The highest BCUT2D eigenvalue weighted by atomic mass is 35.5. The van der Waals surface area contributed by atoms with Crippen LogP contribution < -0.4 is 14.4 Å². The molecule has 0 spiro atoms. The molecule has 15 heteroatoms. The number of alkyl halides is 2. The lowest BCUT2D eigenvalue weighted by Crippen LogP contribution is -2.53. The Morgan fingerprint density at radius 1 is 1.00 bits per heavy atom. The van der Waals surface area contributed by atoms with Crippen molar-refractivity contribution >= 4 is 52.3 Å². The molecule has 0 unspecified atom stereocenters. The van der Waals surface area contributed by atoms with E-state index in [-0.39, 0.29) is 63.2 Å². The number of carbonyl (C=O) groups excluding carboxylic acids is 2. The highest BCUT2D eigenvalue weighted by Crippen LogP contribution is 2.38. The summed E-state index contributed by atoms with van der Waals surface area (Å²) < 4.78 is 63.9. The summed E-state index contributed by atoms with van der Waals surface area (Å²) in [6, 6.07) is 13.4. The number of thiophene rings is 1. The first-order valence-corrected chi connectivity index (χ1v) is 18.3. The Labute approximate surface area is 313 Å². The van der Waals surface area contributed by atoms with Crippen LogP contribution in [0.5, 0.6) is 11.5 Å². The standard InChI is InChI=1S/C37H36Cl2F3N3O6S/c1-21(2)48-32-15-23(7-9-30(32)50-36(41)42)31(16-25-26(38)17-43-18-27(25)39)49-35(46)34-10-8-24(52-34)19-45(29-6-4-3-5-28(29)40)37(47)51-33-20-44-13-11-22(33)12-14-44/h3-10,15,17-18,21-22,31,33,36H,11-14,16,19-20H2,1-2H3/t31-,33-/m0/s1. The van der Waals surface area contributed by atoms with Crippen molar-refractivity contribution in [3.05, 3.63) is 104 Å². The van der Waals surface area contributed by atoms with Crippen LogP contribution in [-0.4, -0.2) is 60.4 Å². The SMILES string of the molecule is CC(C)Oc1cc([C@H](Cc2c(Cl)cncc2Cl)OC(=O)c2ccc(CN(C(=O)O[C@H]3CN4CCC3CC4)c3ccccc3F)s2)ccc1OC(F)F. The van der Waals surface area contributed by atoms with Gasteiger partial charge in [-0.2, -0.15) is 8.78 Å². The zero-order valence-electron chi connectivity index (χ0n) is 28.3. The molecular weight excluding hydrogens is 742 g/mol. The molecule has 2 aromatic heterocycles. The van der Waals surface area contributed by atoms with E-state index in [0.29, 0.717) is 22.5 Å². The predicted molar refractivity (Wildman–Crippen MR) is 191 cm³/mol. The van der Waals surface area contributed by atoms with Crippen molar-refractivity contribution in [1.82, 2.24) is 9.88 Å². The molecule has 0 aliphatic carbocycles. The largest absolute Gasteiger partial charge is 0.487 e. The fraction of sp³-hybridized carbons (Fsp3) is 0.378. The van der Waals surface area contributed by atoms with Gasteiger partial charge in [0.1, 0.15) is 22.9 Å². The Morgan fingerprint density at radius 3 is 2.38 bits per heavy atom. The maximum absolute atomic E-state index is 15.1. The summed E-state index contributed by atoms with van der Waals surface area (Å²) in [4.78, 5) is 35.6. The van der Waals surface area contributed by atoms with Crippen molar-refractivity contribution in [2.24, 2.45) is 5.92 Å². The number of pyridine rings is 1. The molecule has 9 nitrogen and oxygen atoms in total. The molecule has 7 rings (SSSR count). The lowest BCUT2D eigenvalue weighted by atomic mass is 9.86.